The Morgan fingerprint density at radius 2 is 1.72 bits per heavy atom. The molecule has 4 saturated carbocycles. The minimum absolute atomic E-state index is 0. The highest BCUT2D eigenvalue weighted by Crippen LogP contribution is 2.53. The highest BCUT2D eigenvalue weighted by Gasteiger charge is 2.48. The van der Waals surface area contributed by atoms with Crippen molar-refractivity contribution in [2.45, 2.75) is 70.5 Å². The Balaban J connectivity index is 0.00000225. The fourth-order valence-corrected chi connectivity index (χ4v) is 8.00. The van der Waals surface area contributed by atoms with Gasteiger partial charge in [0.15, 0.2) is 5.76 Å². The summed E-state index contributed by atoms with van der Waals surface area (Å²) in [5.74, 6) is 1.13. The molecule has 2 heterocycles. The van der Waals surface area contributed by atoms with Crippen molar-refractivity contribution in [2.75, 3.05) is 19.4 Å². The van der Waals surface area contributed by atoms with E-state index in [4.69, 9.17) is 4.42 Å². The quantitative estimate of drug-likeness (QED) is 0.257. The van der Waals surface area contributed by atoms with Crippen molar-refractivity contribution in [3.63, 3.8) is 0 Å². The number of allylic oxidation sites excluding steroid dienone is 1. The molecule has 1 atom stereocenters. The van der Waals surface area contributed by atoms with Gasteiger partial charge < -0.3 is 29.8 Å². The predicted molar refractivity (Wildman–Crippen MR) is 184 cm³/mol. The zero-order chi connectivity index (χ0) is 33.2. The molecule has 254 valence electrons. The van der Waals surface area contributed by atoms with Crippen molar-refractivity contribution in [3.8, 4) is 0 Å². The average molecular weight is 648 g/mol. The van der Waals surface area contributed by atoms with E-state index in [1.54, 1.807) is 39.2 Å². The van der Waals surface area contributed by atoms with Crippen molar-refractivity contribution >= 4 is 40.3 Å². The standard InChI is InChI=1S/C36H43N5O6.3H2/c1-21-26-9-4-6-12-29(26)47-33(21)35(45)37-27(10-5-7-13-31(43)40(2)3)34(44)38-28-11-8-14-41(36(28)46)20-30(42)39-32-24-16-22-15-23(18-24)19-25(32)17-22;;;/h4,6-9,11-14,22-25,27,32H,5,10,15-20H2,1-3H3,(H,37,45)(H,38,44)(H,39,42);3*1H/b13-7+;;;/t22?,23?,24?,25?,27-,32?;;;/m0.../s1. The van der Waals surface area contributed by atoms with Crippen molar-refractivity contribution in [3.05, 3.63) is 76.4 Å². The molecule has 47 heavy (non-hydrogen) atoms. The van der Waals surface area contributed by atoms with Gasteiger partial charge in [-0.2, -0.15) is 0 Å². The number of fused-ring (bicyclic) bond motifs is 1. The fourth-order valence-electron chi connectivity index (χ4n) is 8.00. The van der Waals surface area contributed by atoms with Crippen molar-refractivity contribution in [1.82, 2.24) is 20.1 Å². The molecule has 4 amide bonds. The molecule has 0 unspecified atom stereocenters. The molecule has 3 N–H and O–H groups in total. The van der Waals surface area contributed by atoms with Crippen LogP contribution in [0.2, 0.25) is 0 Å². The number of amides is 4. The fraction of sp³-hybridized carbons (Fsp3) is 0.472. The zero-order valence-electron chi connectivity index (χ0n) is 27.2. The Hall–Kier alpha value is -4.67. The normalized spacial score (nSPS) is 23.5. The van der Waals surface area contributed by atoms with E-state index in [1.165, 1.54) is 59.9 Å². The molecule has 0 radical (unpaired) electrons. The number of nitrogens with zero attached hydrogens (tertiary/aromatic N) is 2. The van der Waals surface area contributed by atoms with Crippen LogP contribution in [0.1, 0.15) is 65.3 Å². The van der Waals surface area contributed by atoms with E-state index >= 15 is 0 Å². The second kappa shape index (κ2) is 13.6. The number of nitrogens with one attached hydrogen (secondary N) is 3. The Kier molecular flexibility index (Phi) is 9.33. The number of carbonyl (C=O) groups is 4. The van der Waals surface area contributed by atoms with Crippen molar-refractivity contribution < 1.29 is 27.9 Å². The highest BCUT2D eigenvalue weighted by atomic mass is 16.3. The lowest BCUT2D eigenvalue weighted by Crippen LogP contribution is -2.56. The molecular formula is C36H49N5O6. The monoisotopic (exact) mass is 647 g/mol. The summed E-state index contributed by atoms with van der Waals surface area (Å²) in [6.07, 6.45) is 11.1. The van der Waals surface area contributed by atoms with Crippen LogP contribution >= 0.6 is 0 Å². The number of furan rings is 1. The lowest BCUT2D eigenvalue weighted by Gasteiger charge is -2.54. The Labute approximate surface area is 278 Å². The number of anilines is 1. The summed E-state index contributed by atoms with van der Waals surface area (Å²) in [6.45, 7) is 1.62. The van der Waals surface area contributed by atoms with Crippen LogP contribution < -0.4 is 21.5 Å². The Morgan fingerprint density at radius 1 is 1.02 bits per heavy atom. The lowest BCUT2D eigenvalue weighted by molar-refractivity contribution is -0.126. The number of para-hydroxylation sites is 1. The summed E-state index contributed by atoms with van der Waals surface area (Å²) in [4.78, 5) is 66.9. The SMILES string of the molecule is Cc1c(C(=O)N[C@@H](CC/C=C/C(=O)N(C)C)C(=O)Nc2cccn(CC(=O)NC3C4CC5CC(C4)CC3C5)c2=O)oc2ccccc12.[HH].[HH].[HH]. The second-order valence-corrected chi connectivity index (χ2v) is 13.7. The third-order valence-electron chi connectivity index (χ3n) is 10.1. The minimum Gasteiger partial charge on any atom is -0.451 e. The van der Waals surface area contributed by atoms with E-state index in [0.717, 1.165) is 17.2 Å². The summed E-state index contributed by atoms with van der Waals surface area (Å²) >= 11 is 0. The van der Waals surface area contributed by atoms with Gasteiger partial charge in [-0.15, -0.1) is 0 Å². The molecule has 11 heteroatoms. The molecule has 2 aromatic heterocycles. The van der Waals surface area contributed by atoms with E-state index in [2.05, 4.69) is 16.0 Å². The average Bonchev–Trinajstić information content (AvgIpc) is 3.38. The van der Waals surface area contributed by atoms with Gasteiger partial charge >= 0.3 is 0 Å². The minimum atomic E-state index is -1.05. The maximum absolute atomic E-state index is 13.6. The number of aromatic nitrogens is 1. The second-order valence-electron chi connectivity index (χ2n) is 13.7. The molecule has 11 nitrogen and oxygen atoms in total. The zero-order valence-corrected chi connectivity index (χ0v) is 27.2. The van der Waals surface area contributed by atoms with Gasteiger partial charge in [0.2, 0.25) is 17.7 Å². The molecule has 0 saturated heterocycles. The summed E-state index contributed by atoms with van der Waals surface area (Å²) in [6, 6.07) is 9.47. The summed E-state index contributed by atoms with van der Waals surface area (Å²) in [5, 5.41) is 9.45. The number of likely N-dealkylation sites (N-methyl/N-ethyl adjacent to an activating group) is 1. The maximum Gasteiger partial charge on any atom is 0.287 e. The van der Waals surface area contributed by atoms with Crippen LogP contribution in [0, 0.1) is 30.6 Å². The van der Waals surface area contributed by atoms with Crippen molar-refractivity contribution in [2.24, 2.45) is 23.7 Å². The molecule has 4 bridgehead atoms. The molecule has 0 spiro atoms. The van der Waals surface area contributed by atoms with Crippen LogP contribution in [0.25, 0.3) is 11.0 Å². The molecule has 4 aliphatic rings. The summed E-state index contributed by atoms with van der Waals surface area (Å²) in [7, 11) is 3.27. The van der Waals surface area contributed by atoms with Gasteiger partial charge in [0.1, 0.15) is 23.9 Å². The third kappa shape index (κ3) is 7.03. The molecule has 4 fully saturated rings. The van der Waals surface area contributed by atoms with E-state index < -0.39 is 23.4 Å². The maximum atomic E-state index is 13.6. The van der Waals surface area contributed by atoms with E-state index in [-0.39, 0.29) is 46.5 Å². The van der Waals surface area contributed by atoms with Crippen LogP contribution in [0.3, 0.4) is 0 Å². The van der Waals surface area contributed by atoms with E-state index in [1.807, 2.05) is 18.2 Å². The Bertz CT molecular complexity index is 1760. The van der Waals surface area contributed by atoms with Crippen LogP contribution in [0.5, 0.6) is 0 Å². The number of pyridine rings is 1. The number of hydrogen-bond donors (Lipinski definition) is 3. The largest absolute Gasteiger partial charge is 0.451 e. The highest BCUT2D eigenvalue weighted by molar-refractivity contribution is 6.03. The van der Waals surface area contributed by atoms with Gasteiger partial charge in [-0.05, 0) is 99.8 Å². The number of hydrogen-bond acceptors (Lipinski definition) is 6. The molecule has 3 aromatic rings. The Morgan fingerprint density at radius 3 is 2.40 bits per heavy atom. The van der Waals surface area contributed by atoms with Gasteiger partial charge in [0.25, 0.3) is 11.5 Å². The molecular weight excluding hydrogens is 598 g/mol. The summed E-state index contributed by atoms with van der Waals surface area (Å²) in [5.41, 5.74) is 0.679. The first-order valence-corrected chi connectivity index (χ1v) is 16.5. The van der Waals surface area contributed by atoms with Gasteiger partial charge in [0, 0.05) is 41.6 Å². The predicted octanol–water partition coefficient (Wildman–Crippen LogP) is 4.74. The van der Waals surface area contributed by atoms with Crippen molar-refractivity contribution in [1.29, 1.82) is 0 Å². The van der Waals surface area contributed by atoms with Crippen LogP contribution in [-0.4, -0.2) is 59.3 Å². The number of benzene rings is 1. The van der Waals surface area contributed by atoms with Gasteiger partial charge in [-0.1, -0.05) is 24.3 Å². The molecule has 0 aliphatic heterocycles. The smallest absolute Gasteiger partial charge is 0.287 e. The first kappa shape index (κ1) is 32.3. The van der Waals surface area contributed by atoms with Crippen LogP contribution in [-0.2, 0) is 20.9 Å². The molecule has 1 aromatic carbocycles. The van der Waals surface area contributed by atoms with Crippen LogP contribution in [0.15, 0.2) is 64.0 Å². The number of carbonyl (C=O) groups excluding carboxylic acids is 4. The van der Waals surface area contributed by atoms with E-state index in [9.17, 15) is 24.0 Å². The lowest BCUT2D eigenvalue weighted by atomic mass is 9.54. The summed E-state index contributed by atoms with van der Waals surface area (Å²) < 4.78 is 7.09. The topological polar surface area (TPSA) is 143 Å². The third-order valence-corrected chi connectivity index (χ3v) is 10.1. The first-order valence-electron chi connectivity index (χ1n) is 16.5. The van der Waals surface area contributed by atoms with Gasteiger partial charge in [-0.25, -0.2) is 0 Å². The van der Waals surface area contributed by atoms with Crippen LogP contribution in [0.4, 0.5) is 5.69 Å². The molecule has 4 aliphatic carbocycles. The first-order chi connectivity index (χ1) is 22.6. The number of aryl methyl sites for hydroxylation is 1. The van der Waals surface area contributed by atoms with Gasteiger partial charge in [-0.3, -0.25) is 24.0 Å². The van der Waals surface area contributed by atoms with Gasteiger partial charge in [0.05, 0.1) is 0 Å². The number of rotatable bonds is 11. The van der Waals surface area contributed by atoms with E-state index in [0.29, 0.717) is 29.4 Å². The molecule has 7 rings (SSSR count).